The van der Waals surface area contributed by atoms with Crippen LogP contribution in [0.2, 0.25) is 0 Å². The van der Waals surface area contributed by atoms with Gasteiger partial charge in [-0.1, -0.05) is 69.6 Å². The van der Waals surface area contributed by atoms with Gasteiger partial charge in [-0.2, -0.15) is 0 Å². The number of allylic oxidation sites excluding steroid dienone is 5. The summed E-state index contributed by atoms with van der Waals surface area (Å²) in [6.07, 6.45) is 21.5. The van der Waals surface area contributed by atoms with Crippen LogP contribution in [0.3, 0.4) is 0 Å². The first kappa shape index (κ1) is 35.7. The van der Waals surface area contributed by atoms with Gasteiger partial charge in [0.1, 0.15) is 13.2 Å². The summed E-state index contributed by atoms with van der Waals surface area (Å²) < 4.78 is 22.6. The summed E-state index contributed by atoms with van der Waals surface area (Å²) in [5.41, 5.74) is 0. The van der Waals surface area contributed by atoms with Crippen LogP contribution < -0.4 is 10.2 Å². The summed E-state index contributed by atoms with van der Waals surface area (Å²) >= 11 is 0. The van der Waals surface area contributed by atoms with Gasteiger partial charge in [0.2, 0.25) is 5.91 Å². The number of nitrogens with one attached hydrogen (secondary N) is 1. The van der Waals surface area contributed by atoms with Crippen molar-refractivity contribution in [2.24, 2.45) is 0 Å². The van der Waals surface area contributed by atoms with Gasteiger partial charge in [0.05, 0.1) is 39.9 Å². The van der Waals surface area contributed by atoms with E-state index in [2.05, 4.69) is 36.5 Å². The average molecular weight is 545 g/mol. The molecule has 0 aliphatic rings. The summed E-state index contributed by atoms with van der Waals surface area (Å²) in [7, 11) is 1.22. The fraction of sp³-hybridized carbons (Fsp3) is 0.750. The van der Waals surface area contributed by atoms with Gasteiger partial charge < -0.3 is 28.8 Å². The summed E-state index contributed by atoms with van der Waals surface area (Å²) in [6, 6.07) is -0.899. The number of carbonyl (C=O) groups is 1. The second-order valence-electron chi connectivity index (χ2n) is 10.4. The molecule has 0 aromatic heterocycles. The second kappa shape index (κ2) is 21.6. The molecule has 0 rings (SSSR count). The van der Waals surface area contributed by atoms with Gasteiger partial charge in [-0.15, -0.1) is 0 Å². The van der Waals surface area contributed by atoms with Gasteiger partial charge in [0, 0.05) is 6.42 Å². The van der Waals surface area contributed by atoms with Crippen LogP contribution in [0.4, 0.5) is 0 Å². The van der Waals surface area contributed by atoms with Crippen molar-refractivity contribution in [2.45, 2.75) is 96.6 Å². The number of phosphoric acid groups is 1. The molecule has 0 aromatic rings. The quantitative estimate of drug-likeness (QED) is 0.0808. The van der Waals surface area contributed by atoms with Crippen molar-refractivity contribution < 1.29 is 32.9 Å². The number of aliphatic hydroxyl groups is 1. The first-order chi connectivity index (χ1) is 17.5. The van der Waals surface area contributed by atoms with E-state index in [1.54, 1.807) is 6.08 Å². The number of aliphatic hydroxyl groups excluding tert-OH is 1. The number of unbranched alkanes of at least 4 members (excludes halogenated alkanes) is 6. The monoisotopic (exact) mass is 544 g/mol. The third-order valence-corrected chi connectivity index (χ3v) is 6.54. The van der Waals surface area contributed by atoms with E-state index in [1.807, 2.05) is 34.1 Å². The number of carbonyl (C=O) groups excluding carboxylic acids is 1. The lowest BCUT2D eigenvalue weighted by Gasteiger charge is -2.29. The molecular weight excluding hydrogens is 491 g/mol. The van der Waals surface area contributed by atoms with E-state index in [0.29, 0.717) is 23.9 Å². The van der Waals surface area contributed by atoms with Crippen molar-refractivity contribution in [3.63, 3.8) is 0 Å². The Balaban J connectivity index is 4.60. The Hall–Kier alpha value is -1.28. The first-order valence-electron chi connectivity index (χ1n) is 13.9. The molecule has 37 heavy (non-hydrogen) atoms. The maximum atomic E-state index is 12.2. The predicted octanol–water partition coefficient (Wildman–Crippen LogP) is 5.04. The fourth-order valence-electron chi connectivity index (χ4n) is 3.22. The summed E-state index contributed by atoms with van der Waals surface area (Å²) in [6.45, 7) is 4.26. The Morgan fingerprint density at radius 2 is 1.49 bits per heavy atom. The third kappa shape index (κ3) is 23.6. The van der Waals surface area contributed by atoms with Crippen molar-refractivity contribution in [3.05, 3.63) is 36.5 Å². The standard InChI is InChI=1S/C28H53N2O6P/c1-6-8-10-11-12-13-14-15-16-17-18-19-20-21-27(31)26(29-28(32)22-9-7-2)25-36-37(33,34)35-24-23-30(3,4)5/h12-13,16-17,20-21,26-27,31H,6-11,14-15,18-19,22-25H2,1-5H3,(H-,29,32,33,34)/b13-12+,17-16+,21-20+. The van der Waals surface area contributed by atoms with Crippen LogP contribution in [0, 0.1) is 0 Å². The lowest BCUT2D eigenvalue weighted by atomic mass is 10.1. The Morgan fingerprint density at radius 1 is 0.919 bits per heavy atom. The molecular formula is C28H53N2O6P. The zero-order chi connectivity index (χ0) is 28.0. The highest BCUT2D eigenvalue weighted by atomic mass is 31.2. The number of nitrogens with zero attached hydrogens (tertiary/aromatic N) is 1. The molecule has 216 valence electrons. The van der Waals surface area contributed by atoms with Crippen LogP contribution in [0.5, 0.6) is 0 Å². The number of hydrogen-bond acceptors (Lipinski definition) is 6. The lowest BCUT2D eigenvalue weighted by Crippen LogP contribution is -2.45. The van der Waals surface area contributed by atoms with E-state index in [0.717, 1.165) is 38.5 Å². The van der Waals surface area contributed by atoms with Crippen LogP contribution in [0.15, 0.2) is 36.5 Å². The summed E-state index contributed by atoms with van der Waals surface area (Å²) in [4.78, 5) is 24.4. The highest BCUT2D eigenvalue weighted by molar-refractivity contribution is 7.45. The highest BCUT2D eigenvalue weighted by Crippen LogP contribution is 2.38. The van der Waals surface area contributed by atoms with Gasteiger partial charge in [-0.25, -0.2) is 0 Å². The van der Waals surface area contributed by atoms with Crippen molar-refractivity contribution in [2.75, 3.05) is 40.9 Å². The molecule has 9 heteroatoms. The van der Waals surface area contributed by atoms with Crippen LogP contribution >= 0.6 is 7.82 Å². The first-order valence-corrected chi connectivity index (χ1v) is 15.3. The van der Waals surface area contributed by atoms with Crippen LogP contribution in [-0.2, 0) is 18.4 Å². The van der Waals surface area contributed by atoms with Crippen molar-refractivity contribution in [1.29, 1.82) is 0 Å². The van der Waals surface area contributed by atoms with Crippen LogP contribution in [0.25, 0.3) is 0 Å². The smallest absolute Gasteiger partial charge is 0.268 e. The minimum absolute atomic E-state index is 0.0109. The number of rotatable bonds is 23. The average Bonchev–Trinajstić information content (AvgIpc) is 2.82. The van der Waals surface area contributed by atoms with Crippen molar-refractivity contribution >= 4 is 13.7 Å². The van der Waals surface area contributed by atoms with Crippen molar-refractivity contribution in [3.8, 4) is 0 Å². The van der Waals surface area contributed by atoms with Gasteiger partial charge in [-0.05, 0) is 44.9 Å². The minimum Gasteiger partial charge on any atom is -0.756 e. The molecule has 2 N–H and O–H groups in total. The van der Waals surface area contributed by atoms with E-state index in [1.165, 1.54) is 19.3 Å². The molecule has 0 saturated heterocycles. The zero-order valence-electron chi connectivity index (χ0n) is 23.9. The normalized spacial score (nSPS) is 16.0. The Morgan fingerprint density at radius 3 is 2.05 bits per heavy atom. The number of quaternary nitrogens is 1. The molecule has 0 aliphatic heterocycles. The van der Waals surface area contributed by atoms with Crippen LogP contribution in [0.1, 0.15) is 84.5 Å². The Kier molecular flexibility index (Phi) is 20.9. The number of likely N-dealkylation sites (N-methyl/N-ethyl adjacent to an activating group) is 1. The Bertz CT molecular complexity index is 718. The molecule has 0 bridgehead atoms. The SMILES string of the molecule is CCCCC/C=C/CC/C=C/CC/C=C/C(O)C(COP(=O)([O-])OCC[N+](C)(C)C)NC(=O)CCCC. The molecule has 0 heterocycles. The van der Waals surface area contributed by atoms with Gasteiger partial charge in [0.25, 0.3) is 7.82 Å². The van der Waals surface area contributed by atoms with E-state index < -0.39 is 26.6 Å². The number of hydrogen-bond donors (Lipinski definition) is 2. The zero-order valence-corrected chi connectivity index (χ0v) is 24.8. The van der Waals surface area contributed by atoms with Crippen LogP contribution in [-0.4, -0.2) is 68.5 Å². The molecule has 1 amide bonds. The molecule has 8 nitrogen and oxygen atoms in total. The van der Waals surface area contributed by atoms with E-state index in [-0.39, 0.29) is 12.5 Å². The molecule has 3 atom stereocenters. The number of amides is 1. The third-order valence-electron chi connectivity index (χ3n) is 5.58. The largest absolute Gasteiger partial charge is 0.756 e. The van der Waals surface area contributed by atoms with E-state index in [4.69, 9.17) is 9.05 Å². The summed E-state index contributed by atoms with van der Waals surface area (Å²) in [5.74, 6) is -0.253. The van der Waals surface area contributed by atoms with E-state index >= 15 is 0 Å². The highest BCUT2D eigenvalue weighted by Gasteiger charge is 2.23. The van der Waals surface area contributed by atoms with Gasteiger partial charge in [-0.3, -0.25) is 9.36 Å². The molecule has 0 aromatic carbocycles. The molecule has 3 unspecified atom stereocenters. The molecule has 0 spiro atoms. The minimum atomic E-state index is -4.56. The fourth-order valence-corrected chi connectivity index (χ4v) is 3.94. The molecule has 0 saturated carbocycles. The molecule has 0 radical (unpaired) electrons. The van der Waals surface area contributed by atoms with E-state index in [9.17, 15) is 19.4 Å². The predicted molar refractivity (Wildman–Crippen MR) is 150 cm³/mol. The number of phosphoric ester groups is 1. The maximum Gasteiger partial charge on any atom is 0.268 e. The summed E-state index contributed by atoms with van der Waals surface area (Å²) in [5, 5.41) is 13.3. The second-order valence-corrected chi connectivity index (χ2v) is 11.8. The molecule has 0 fully saturated rings. The Labute approximate surface area is 226 Å². The molecule has 0 aliphatic carbocycles. The van der Waals surface area contributed by atoms with Crippen molar-refractivity contribution in [1.82, 2.24) is 5.32 Å². The lowest BCUT2D eigenvalue weighted by molar-refractivity contribution is -0.870. The topological polar surface area (TPSA) is 108 Å². The van der Waals surface area contributed by atoms with Gasteiger partial charge in [0.15, 0.2) is 0 Å². The maximum absolute atomic E-state index is 12.2. The van der Waals surface area contributed by atoms with Gasteiger partial charge >= 0.3 is 0 Å².